The number of allylic oxidation sites excluding steroid dienone is 1. The SMILES string of the molecule is C=CCn1c(SCCCC(=O)OCC)nnc1-c1ccc(F)cc1. The second-order valence-electron chi connectivity index (χ2n) is 4.97. The van der Waals surface area contributed by atoms with Gasteiger partial charge in [-0.3, -0.25) is 9.36 Å². The van der Waals surface area contributed by atoms with Crippen molar-refractivity contribution in [3.8, 4) is 11.4 Å². The Bertz CT molecular complexity index is 686. The zero-order valence-corrected chi connectivity index (χ0v) is 14.4. The first-order chi connectivity index (χ1) is 11.7. The first-order valence-electron chi connectivity index (χ1n) is 7.74. The lowest BCUT2D eigenvalue weighted by molar-refractivity contribution is -0.143. The number of thioether (sulfide) groups is 1. The van der Waals surface area contributed by atoms with Gasteiger partial charge >= 0.3 is 5.97 Å². The monoisotopic (exact) mass is 349 g/mol. The summed E-state index contributed by atoms with van der Waals surface area (Å²) in [6, 6.07) is 6.14. The minimum absolute atomic E-state index is 0.183. The normalized spacial score (nSPS) is 10.6. The highest BCUT2D eigenvalue weighted by Gasteiger charge is 2.13. The Balaban J connectivity index is 2.04. The van der Waals surface area contributed by atoms with E-state index in [4.69, 9.17) is 4.74 Å². The second kappa shape index (κ2) is 9.22. The molecule has 1 aromatic heterocycles. The summed E-state index contributed by atoms with van der Waals surface area (Å²) in [5.74, 6) is 0.930. The molecule has 0 saturated heterocycles. The Morgan fingerprint density at radius 1 is 1.38 bits per heavy atom. The number of hydrogen-bond donors (Lipinski definition) is 0. The molecule has 0 spiro atoms. The van der Waals surface area contributed by atoms with Crippen LogP contribution in [0.15, 0.2) is 42.1 Å². The quantitative estimate of drug-likeness (QED) is 0.299. The average Bonchev–Trinajstić information content (AvgIpc) is 2.96. The van der Waals surface area contributed by atoms with Crippen molar-refractivity contribution in [2.75, 3.05) is 12.4 Å². The number of halogens is 1. The van der Waals surface area contributed by atoms with Gasteiger partial charge < -0.3 is 4.74 Å². The molecule has 0 atom stereocenters. The molecular weight excluding hydrogens is 329 g/mol. The predicted octanol–water partition coefficient (Wildman–Crippen LogP) is 3.71. The van der Waals surface area contributed by atoms with Crippen molar-refractivity contribution in [1.29, 1.82) is 0 Å². The zero-order chi connectivity index (χ0) is 17.4. The molecule has 0 N–H and O–H groups in total. The number of ether oxygens (including phenoxy) is 1. The lowest BCUT2D eigenvalue weighted by Crippen LogP contribution is -2.04. The van der Waals surface area contributed by atoms with Crippen molar-refractivity contribution in [3.63, 3.8) is 0 Å². The molecular formula is C17H20FN3O2S. The Labute approximate surface area is 144 Å². The summed E-state index contributed by atoms with van der Waals surface area (Å²) in [5, 5.41) is 9.16. The predicted molar refractivity (Wildman–Crippen MR) is 92.2 cm³/mol. The van der Waals surface area contributed by atoms with Crippen molar-refractivity contribution in [3.05, 3.63) is 42.7 Å². The van der Waals surface area contributed by atoms with E-state index in [0.29, 0.717) is 31.8 Å². The van der Waals surface area contributed by atoms with Crippen LogP contribution in [0.3, 0.4) is 0 Å². The molecule has 0 aliphatic heterocycles. The molecule has 0 aliphatic carbocycles. The number of hydrogen-bond acceptors (Lipinski definition) is 5. The van der Waals surface area contributed by atoms with Crippen LogP contribution in [-0.4, -0.2) is 33.1 Å². The summed E-state index contributed by atoms with van der Waals surface area (Å²) < 4.78 is 19.9. The van der Waals surface area contributed by atoms with Crippen LogP contribution >= 0.6 is 11.8 Å². The molecule has 0 bridgehead atoms. The van der Waals surface area contributed by atoms with E-state index in [0.717, 1.165) is 16.5 Å². The summed E-state index contributed by atoms with van der Waals surface area (Å²) in [4.78, 5) is 11.3. The van der Waals surface area contributed by atoms with Gasteiger partial charge in [0.25, 0.3) is 0 Å². The largest absolute Gasteiger partial charge is 0.466 e. The first-order valence-corrected chi connectivity index (χ1v) is 8.72. The fourth-order valence-electron chi connectivity index (χ4n) is 2.11. The van der Waals surface area contributed by atoms with Crippen LogP contribution < -0.4 is 0 Å². The molecule has 24 heavy (non-hydrogen) atoms. The van der Waals surface area contributed by atoms with E-state index in [1.807, 2.05) is 4.57 Å². The van der Waals surface area contributed by atoms with Crippen LogP contribution in [0.1, 0.15) is 19.8 Å². The molecule has 0 aliphatic rings. The third-order valence-electron chi connectivity index (χ3n) is 3.19. The van der Waals surface area contributed by atoms with Crippen molar-refractivity contribution >= 4 is 17.7 Å². The average molecular weight is 349 g/mol. The Kier molecular flexibility index (Phi) is 6.99. The number of esters is 1. The number of carbonyl (C=O) groups excluding carboxylic acids is 1. The van der Waals surface area contributed by atoms with E-state index in [1.165, 1.54) is 23.9 Å². The van der Waals surface area contributed by atoms with Gasteiger partial charge in [-0.1, -0.05) is 17.8 Å². The molecule has 1 heterocycles. The van der Waals surface area contributed by atoms with Gasteiger partial charge in [-0.2, -0.15) is 0 Å². The zero-order valence-electron chi connectivity index (χ0n) is 13.6. The maximum atomic E-state index is 13.1. The molecule has 0 unspecified atom stereocenters. The van der Waals surface area contributed by atoms with Crippen LogP contribution in [0.5, 0.6) is 0 Å². The summed E-state index contributed by atoms with van der Waals surface area (Å²) >= 11 is 1.53. The van der Waals surface area contributed by atoms with Gasteiger partial charge in [0.1, 0.15) is 5.82 Å². The van der Waals surface area contributed by atoms with E-state index >= 15 is 0 Å². The number of carbonyl (C=O) groups is 1. The van der Waals surface area contributed by atoms with Crippen molar-refractivity contribution in [2.45, 2.75) is 31.5 Å². The fourth-order valence-corrected chi connectivity index (χ4v) is 3.00. The summed E-state index contributed by atoms with van der Waals surface area (Å²) in [6.07, 6.45) is 2.86. The Morgan fingerprint density at radius 2 is 2.12 bits per heavy atom. The van der Waals surface area contributed by atoms with Crippen LogP contribution in [0.25, 0.3) is 11.4 Å². The summed E-state index contributed by atoms with van der Waals surface area (Å²) in [5.41, 5.74) is 0.795. The number of aromatic nitrogens is 3. The van der Waals surface area contributed by atoms with Gasteiger partial charge in [-0.25, -0.2) is 4.39 Å². The molecule has 2 rings (SSSR count). The standard InChI is InChI=1S/C17H20FN3O2S/c1-3-11-21-16(13-7-9-14(18)10-8-13)19-20-17(21)24-12-5-6-15(22)23-4-2/h3,7-10H,1,4-6,11-12H2,2H3. The summed E-state index contributed by atoms with van der Waals surface area (Å²) in [6.45, 7) is 6.51. The third-order valence-corrected chi connectivity index (χ3v) is 4.25. The maximum Gasteiger partial charge on any atom is 0.305 e. The van der Waals surface area contributed by atoms with Gasteiger partial charge in [0.15, 0.2) is 11.0 Å². The van der Waals surface area contributed by atoms with Crippen molar-refractivity contribution in [2.24, 2.45) is 0 Å². The molecule has 0 saturated carbocycles. The van der Waals surface area contributed by atoms with Gasteiger partial charge in [0.05, 0.1) is 6.61 Å². The maximum absolute atomic E-state index is 13.1. The summed E-state index contributed by atoms with van der Waals surface area (Å²) in [7, 11) is 0. The molecule has 0 fully saturated rings. The minimum atomic E-state index is -0.290. The lowest BCUT2D eigenvalue weighted by atomic mass is 10.2. The van der Waals surface area contributed by atoms with E-state index in [2.05, 4.69) is 16.8 Å². The van der Waals surface area contributed by atoms with Gasteiger partial charge in [0, 0.05) is 24.3 Å². The number of benzene rings is 1. The second-order valence-corrected chi connectivity index (χ2v) is 6.03. The third kappa shape index (κ3) is 4.92. The topological polar surface area (TPSA) is 57.0 Å². The van der Waals surface area contributed by atoms with E-state index in [1.54, 1.807) is 25.1 Å². The Morgan fingerprint density at radius 3 is 2.79 bits per heavy atom. The van der Waals surface area contributed by atoms with Crippen LogP contribution in [-0.2, 0) is 16.1 Å². The highest BCUT2D eigenvalue weighted by Crippen LogP contribution is 2.25. The first kappa shape index (κ1) is 18.2. The van der Waals surface area contributed by atoms with Gasteiger partial charge in [0.2, 0.25) is 0 Å². The molecule has 7 heteroatoms. The van der Waals surface area contributed by atoms with Gasteiger partial charge in [-0.15, -0.1) is 16.8 Å². The van der Waals surface area contributed by atoms with Crippen LogP contribution in [0.4, 0.5) is 4.39 Å². The van der Waals surface area contributed by atoms with Crippen LogP contribution in [0, 0.1) is 5.82 Å². The van der Waals surface area contributed by atoms with E-state index in [-0.39, 0.29) is 11.8 Å². The molecule has 0 amide bonds. The van der Waals surface area contributed by atoms with Crippen molar-refractivity contribution in [1.82, 2.24) is 14.8 Å². The lowest BCUT2D eigenvalue weighted by Gasteiger charge is -2.07. The molecule has 0 radical (unpaired) electrons. The van der Waals surface area contributed by atoms with E-state index in [9.17, 15) is 9.18 Å². The highest BCUT2D eigenvalue weighted by molar-refractivity contribution is 7.99. The van der Waals surface area contributed by atoms with E-state index < -0.39 is 0 Å². The number of rotatable bonds is 9. The van der Waals surface area contributed by atoms with Crippen LogP contribution in [0.2, 0.25) is 0 Å². The number of nitrogens with zero attached hydrogens (tertiary/aromatic N) is 3. The molecule has 1 aromatic carbocycles. The van der Waals surface area contributed by atoms with Crippen molar-refractivity contribution < 1.29 is 13.9 Å². The van der Waals surface area contributed by atoms with Gasteiger partial charge in [-0.05, 0) is 37.6 Å². The fraction of sp³-hybridized carbons (Fsp3) is 0.353. The highest BCUT2D eigenvalue weighted by atomic mass is 32.2. The molecule has 5 nitrogen and oxygen atoms in total. The smallest absolute Gasteiger partial charge is 0.305 e. The Hall–Kier alpha value is -2.15. The molecule has 128 valence electrons. The molecule has 2 aromatic rings. The minimum Gasteiger partial charge on any atom is -0.466 e.